The number of nitrogens with one attached hydrogen (secondary N) is 1. The number of carbonyl (C=O) groups excluding carboxylic acids is 2. The molecule has 2 rings (SSSR count). The van der Waals surface area contributed by atoms with Crippen molar-refractivity contribution in [3.8, 4) is 0 Å². The highest BCUT2D eigenvalue weighted by Gasteiger charge is 2.31. The Morgan fingerprint density at radius 1 is 1.23 bits per heavy atom. The van der Waals surface area contributed by atoms with Gasteiger partial charge in [-0.2, -0.15) is 13.2 Å². The third kappa shape index (κ3) is 3.43. The van der Waals surface area contributed by atoms with Gasteiger partial charge >= 0.3 is 12.1 Å². The minimum atomic E-state index is -4.55. The molecule has 1 N–H and O–H groups in total. The van der Waals surface area contributed by atoms with E-state index in [2.05, 4.69) is 15.0 Å². The van der Waals surface area contributed by atoms with Gasteiger partial charge in [0.25, 0.3) is 5.91 Å². The number of pyridine rings is 1. The van der Waals surface area contributed by atoms with Gasteiger partial charge in [0, 0.05) is 6.20 Å². The Labute approximate surface area is 121 Å². The summed E-state index contributed by atoms with van der Waals surface area (Å²) < 4.78 is 47.0. The Hall–Kier alpha value is -2.84. The van der Waals surface area contributed by atoms with Gasteiger partial charge in [0.1, 0.15) is 5.82 Å². The average molecular weight is 314 g/mol. The predicted molar refractivity (Wildman–Crippen MR) is 67.2 cm³/mol. The number of amides is 1. The second kappa shape index (κ2) is 5.88. The molecule has 2 aromatic rings. The van der Waals surface area contributed by atoms with Crippen molar-refractivity contribution in [1.82, 2.24) is 4.98 Å². The van der Waals surface area contributed by atoms with Crippen LogP contribution in [0.1, 0.15) is 26.7 Å². The summed E-state index contributed by atoms with van der Waals surface area (Å²) in [5, 5.41) is 2.15. The number of ether oxygens (including phenoxy) is 1. The van der Waals surface area contributed by atoms with E-state index in [9.17, 15) is 22.8 Å². The smallest absolute Gasteiger partial charge is 0.416 e. The molecule has 9 heteroatoms. The van der Waals surface area contributed by atoms with Crippen molar-refractivity contribution in [2.45, 2.75) is 6.18 Å². The maximum Gasteiger partial charge on any atom is 0.416 e. The van der Waals surface area contributed by atoms with Crippen molar-refractivity contribution < 1.29 is 31.9 Å². The molecule has 0 saturated carbocycles. The van der Waals surface area contributed by atoms with Gasteiger partial charge in [-0.05, 0) is 24.3 Å². The lowest BCUT2D eigenvalue weighted by molar-refractivity contribution is -0.137. The summed E-state index contributed by atoms with van der Waals surface area (Å²) in [4.78, 5) is 26.6. The van der Waals surface area contributed by atoms with Crippen LogP contribution >= 0.6 is 0 Å². The fourth-order valence-corrected chi connectivity index (χ4v) is 1.52. The van der Waals surface area contributed by atoms with Gasteiger partial charge in [-0.15, -0.1) is 0 Å². The van der Waals surface area contributed by atoms with E-state index in [1.165, 1.54) is 12.1 Å². The fourth-order valence-electron chi connectivity index (χ4n) is 1.52. The Morgan fingerprint density at radius 3 is 2.55 bits per heavy atom. The van der Waals surface area contributed by atoms with Crippen LogP contribution in [0.25, 0.3) is 0 Å². The summed E-state index contributed by atoms with van der Waals surface area (Å²) in [6.45, 7) is 0. The van der Waals surface area contributed by atoms with E-state index in [0.29, 0.717) is 6.07 Å². The molecule has 6 nitrogen and oxygen atoms in total. The topological polar surface area (TPSA) is 81.4 Å². The molecule has 0 unspecified atom stereocenters. The molecule has 0 aliphatic rings. The van der Waals surface area contributed by atoms with Crippen LogP contribution in [-0.2, 0) is 10.9 Å². The molecule has 2 heterocycles. The Bertz CT molecular complexity index is 709. The van der Waals surface area contributed by atoms with E-state index in [1.54, 1.807) is 0 Å². The highest BCUT2D eigenvalue weighted by Crippen LogP contribution is 2.29. The number of alkyl halides is 3. The van der Waals surface area contributed by atoms with Crippen LogP contribution in [0.2, 0.25) is 0 Å². The second-order valence-corrected chi connectivity index (χ2v) is 4.04. The van der Waals surface area contributed by atoms with Crippen LogP contribution in [0.5, 0.6) is 0 Å². The van der Waals surface area contributed by atoms with E-state index >= 15 is 0 Å². The van der Waals surface area contributed by atoms with E-state index in [-0.39, 0.29) is 17.3 Å². The number of methoxy groups -OCH3 is 1. The van der Waals surface area contributed by atoms with Crippen LogP contribution < -0.4 is 5.32 Å². The summed E-state index contributed by atoms with van der Waals surface area (Å²) in [6.07, 6.45) is -3.63. The zero-order chi connectivity index (χ0) is 16.3. The molecule has 0 aliphatic heterocycles. The van der Waals surface area contributed by atoms with Crippen LogP contribution in [-0.4, -0.2) is 24.0 Å². The molecule has 0 saturated heterocycles. The van der Waals surface area contributed by atoms with Crippen LogP contribution in [0.15, 0.2) is 34.9 Å². The lowest BCUT2D eigenvalue weighted by Gasteiger charge is -2.08. The number of anilines is 1. The van der Waals surface area contributed by atoms with E-state index in [0.717, 1.165) is 19.4 Å². The van der Waals surface area contributed by atoms with Gasteiger partial charge in [0.2, 0.25) is 5.76 Å². The van der Waals surface area contributed by atoms with Gasteiger partial charge in [-0.3, -0.25) is 4.79 Å². The average Bonchev–Trinajstić information content (AvgIpc) is 2.95. The quantitative estimate of drug-likeness (QED) is 0.881. The minimum absolute atomic E-state index is 0.204. The Kier molecular flexibility index (Phi) is 4.15. The van der Waals surface area contributed by atoms with Gasteiger partial charge in [-0.1, -0.05) is 0 Å². The number of nitrogens with zero attached hydrogens (tertiary/aromatic N) is 1. The van der Waals surface area contributed by atoms with Gasteiger partial charge in [-0.25, -0.2) is 9.78 Å². The fraction of sp³-hybridized carbons (Fsp3) is 0.154. The van der Waals surface area contributed by atoms with Crippen molar-refractivity contribution in [2.75, 3.05) is 12.4 Å². The normalized spacial score (nSPS) is 11.1. The molecule has 0 aromatic carbocycles. The lowest BCUT2D eigenvalue weighted by Crippen LogP contribution is -2.13. The molecule has 2 aromatic heterocycles. The largest absolute Gasteiger partial charge is 0.463 e. The maximum absolute atomic E-state index is 12.5. The number of hydrogen-bond donors (Lipinski definition) is 1. The Balaban J connectivity index is 2.15. The highest BCUT2D eigenvalue weighted by atomic mass is 19.4. The number of halogens is 3. The van der Waals surface area contributed by atoms with Gasteiger partial charge < -0.3 is 14.5 Å². The molecule has 0 spiro atoms. The predicted octanol–water partition coefficient (Wildman–Crippen LogP) is 2.73. The number of aromatic nitrogens is 1. The third-order valence-corrected chi connectivity index (χ3v) is 2.55. The summed E-state index contributed by atoms with van der Waals surface area (Å²) in [6, 6.07) is 3.86. The van der Waals surface area contributed by atoms with E-state index < -0.39 is 23.6 Å². The minimum Gasteiger partial charge on any atom is -0.463 e. The zero-order valence-electron chi connectivity index (χ0n) is 11.1. The van der Waals surface area contributed by atoms with Crippen molar-refractivity contribution in [3.63, 3.8) is 0 Å². The molecular weight excluding hydrogens is 305 g/mol. The van der Waals surface area contributed by atoms with Crippen LogP contribution in [0, 0.1) is 0 Å². The first-order chi connectivity index (χ1) is 10.3. The van der Waals surface area contributed by atoms with Crippen molar-refractivity contribution in [3.05, 3.63) is 47.5 Å². The number of hydrogen-bond acceptors (Lipinski definition) is 5. The summed E-state index contributed by atoms with van der Waals surface area (Å²) in [5.74, 6) is -2.39. The number of esters is 1. The first-order valence-electron chi connectivity index (χ1n) is 5.84. The van der Waals surface area contributed by atoms with Crippen molar-refractivity contribution in [2.24, 2.45) is 0 Å². The summed E-state index contributed by atoms with van der Waals surface area (Å²) >= 11 is 0. The molecule has 22 heavy (non-hydrogen) atoms. The van der Waals surface area contributed by atoms with E-state index in [1.807, 2.05) is 0 Å². The standard InChI is InChI=1S/C13H9F3N2O4/c1-21-12(20)9-3-2-8(22-9)11(19)18-10-6-7(4-5-17-10)13(14,15)16/h2-6H,1H3,(H,17,18,19). The molecule has 0 aliphatic carbocycles. The first-order valence-corrected chi connectivity index (χ1v) is 5.84. The van der Waals surface area contributed by atoms with Crippen LogP contribution in [0.3, 0.4) is 0 Å². The second-order valence-electron chi connectivity index (χ2n) is 4.04. The van der Waals surface area contributed by atoms with Gasteiger partial charge in [0.15, 0.2) is 5.76 Å². The van der Waals surface area contributed by atoms with Gasteiger partial charge in [0.05, 0.1) is 12.7 Å². The van der Waals surface area contributed by atoms with Crippen molar-refractivity contribution >= 4 is 17.7 Å². The maximum atomic E-state index is 12.5. The number of carbonyl (C=O) groups is 2. The summed E-state index contributed by atoms with van der Waals surface area (Å²) in [5.41, 5.74) is -0.951. The number of furan rings is 1. The van der Waals surface area contributed by atoms with Crippen LogP contribution in [0.4, 0.5) is 19.0 Å². The van der Waals surface area contributed by atoms with E-state index in [4.69, 9.17) is 4.42 Å². The molecule has 116 valence electrons. The first kappa shape index (κ1) is 15.5. The summed E-state index contributed by atoms with van der Waals surface area (Å²) in [7, 11) is 1.14. The third-order valence-electron chi connectivity index (χ3n) is 2.55. The molecule has 0 atom stereocenters. The molecule has 1 amide bonds. The highest BCUT2D eigenvalue weighted by molar-refractivity contribution is 6.02. The zero-order valence-corrected chi connectivity index (χ0v) is 11.1. The monoisotopic (exact) mass is 314 g/mol. The molecule has 0 bridgehead atoms. The Morgan fingerprint density at radius 2 is 1.91 bits per heavy atom. The van der Waals surface area contributed by atoms with Crippen molar-refractivity contribution in [1.29, 1.82) is 0 Å². The molecule has 0 fully saturated rings. The molecule has 0 radical (unpaired) electrons. The molecular formula is C13H9F3N2O4. The SMILES string of the molecule is COC(=O)c1ccc(C(=O)Nc2cc(C(F)(F)F)ccn2)o1. The lowest BCUT2D eigenvalue weighted by atomic mass is 10.2. The number of rotatable bonds is 3.